The Morgan fingerprint density at radius 3 is 2.31 bits per heavy atom. The molecule has 2 heterocycles. The second kappa shape index (κ2) is 9.54. The molecule has 3 atom stereocenters. The van der Waals surface area contributed by atoms with Crippen LogP contribution >= 0.6 is 0 Å². The summed E-state index contributed by atoms with van der Waals surface area (Å²) < 4.78 is 5.27. The molecule has 0 bridgehead atoms. The van der Waals surface area contributed by atoms with E-state index in [2.05, 4.69) is 5.32 Å². The molecule has 188 valence electrons. The van der Waals surface area contributed by atoms with Gasteiger partial charge in [-0.2, -0.15) is 5.01 Å². The predicted molar refractivity (Wildman–Crippen MR) is 130 cm³/mol. The van der Waals surface area contributed by atoms with Crippen molar-refractivity contribution in [2.75, 3.05) is 0 Å². The molecule has 10 nitrogen and oxygen atoms in total. The molecule has 1 N–H and O–H groups in total. The Hall–Kier alpha value is -4.05. The fourth-order valence-electron chi connectivity index (χ4n) is 4.47. The molecule has 36 heavy (non-hydrogen) atoms. The van der Waals surface area contributed by atoms with Crippen LogP contribution in [0.4, 0.5) is 10.5 Å². The normalized spacial score (nSPS) is 20.5. The predicted octanol–water partition coefficient (Wildman–Crippen LogP) is 4.21. The van der Waals surface area contributed by atoms with Crippen LogP contribution in [0.5, 0.6) is 0 Å². The number of fused-ring (bicyclic) bond motifs is 1. The Bertz CT molecular complexity index is 1220. The average Bonchev–Trinajstić information content (AvgIpc) is 3.35. The molecule has 1 fully saturated rings. The first-order valence-electron chi connectivity index (χ1n) is 11.6. The van der Waals surface area contributed by atoms with Gasteiger partial charge in [0, 0.05) is 23.9 Å². The van der Waals surface area contributed by atoms with Crippen molar-refractivity contribution < 1.29 is 24.0 Å². The number of nitrogens with one attached hydrogen (secondary N) is 1. The number of ketones is 1. The number of nitrogens with zero attached hydrogens (tertiary/aromatic N) is 3. The molecular formula is C26H28N4O6. The molecule has 0 aromatic heterocycles. The number of Topliss-reactive ketones (excluding diaryl/α,β-unsaturated/α-hetero) is 1. The third-order valence-electron chi connectivity index (χ3n) is 6.03. The minimum atomic E-state index is -0.932. The summed E-state index contributed by atoms with van der Waals surface area (Å²) >= 11 is 0. The highest BCUT2D eigenvalue weighted by Crippen LogP contribution is 2.48. The first-order valence-corrected chi connectivity index (χ1v) is 11.6. The number of nitro groups is 1. The van der Waals surface area contributed by atoms with Crippen molar-refractivity contribution in [3.63, 3.8) is 0 Å². The van der Waals surface area contributed by atoms with Gasteiger partial charge in [0.1, 0.15) is 5.60 Å². The molecule has 2 aliphatic rings. The van der Waals surface area contributed by atoms with E-state index in [1.807, 2.05) is 35.3 Å². The number of rotatable bonds is 6. The summed E-state index contributed by atoms with van der Waals surface area (Å²) in [5.74, 6) is -0.565. The van der Waals surface area contributed by atoms with Crippen molar-refractivity contribution in [1.29, 1.82) is 0 Å². The van der Waals surface area contributed by atoms with Gasteiger partial charge >= 0.3 is 6.09 Å². The van der Waals surface area contributed by atoms with Crippen molar-refractivity contribution in [3.8, 4) is 0 Å². The zero-order chi connectivity index (χ0) is 26.2. The van der Waals surface area contributed by atoms with E-state index in [1.54, 1.807) is 39.8 Å². The second-order valence-electron chi connectivity index (χ2n) is 9.82. The highest BCUT2D eigenvalue weighted by atomic mass is 16.6. The SMILES string of the molecule is C[C@H](NC(=O)OC(C)(C)C)C(=O)C1=CN2C(=O)C[C@@H](c3ccccc3)N2[C@H]1c1ccc([N+](=O)[O-])cc1. The van der Waals surface area contributed by atoms with E-state index < -0.39 is 34.5 Å². The monoisotopic (exact) mass is 492 g/mol. The minimum absolute atomic E-state index is 0.0810. The number of carbonyl (C=O) groups excluding carboxylic acids is 3. The van der Waals surface area contributed by atoms with Crippen molar-refractivity contribution in [3.05, 3.63) is 87.6 Å². The topological polar surface area (TPSA) is 122 Å². The van der Waals surface area contributed by atoms with Crippen molar-refractivity contribution >= 4 is 23.5 Å². The number of non-ortho nitro benzene ring substituents is 1. The summed E-state index contributed by atoms with van der Waals surface area (Å²) in [6.45, 7) is 6.72. The molecule has 0 unspecified atom stereocenters. The lowest BCUT2D eigenvalue weighted by atomic mass is 9.91. The number of amides is 2. The summed E-state index contributed by atoms with van der Waals surface area (Å²) in [7, 11) is 0. The van der Waals surface area contributed by atoms with Crippen LogP contribution in [-0.4, -0.2) is 44.4 Å². The Kier molecular flexibility index (Phi) is 6.64. The number of ether oxygens (including phenoxy) is 1. The third-order valence-corrected chi connectivity index (χ3v) is 6.03. The van der Waals surface area contributed by atoms with Gasteiger partial charge in [-0.15, -0.1) is 0 Å². The number of alkyl carbamates (subject to hydrolysis) is 1. The highest BCUT2D eigenvalue weighted by Gasteiger charge is 2.49. The number of nitro benzene ring substituents is 1. The van der Waals surface area contributed by atoms with Gasteiger partial charge in [0.2, 0.25) is 5.91 Å². The van der Waals surface area contributed by atoms with Gasteiger partial charge in [0.15, 0.2) is 5.78 Å². The van der Waals surface area contributed by atoms with Gasteiger partial charge in [-0.25, -0.2) is 9.80 Å². The lowest BCUT2D eigenvalue weighted by Crippen LogP contribution is -2.43. The van der Waals surface area contributed by atoms with Gasteiger partial charge in [-0.1, -0.05) is 42.5 Å². The molecule has 2 amide bonds. The lowest BCUT2D eigenvalue weighted by molar-refractivity contribution is -0.384. The largest absolute Gasteiger partial charge is 0.444 e. The number of hydrogen-bond donors (Lipinski definition) is 1. The van der Waals surface area contributed by atoms with Gasteiger partial charge < -0.3 is 10.1 Å². The van der Waals surface area contributed by atoms with E-state index in [0.717, 1.165) is 5.56 Å². The van der Waals surface area contributed by atoms with Crippen LogP contribution in [0.15, 0.2) is 66.4 Å². The molecule has 0 saturated carbocycles. The van der Waals surface area contributed by atoms with E-state index in [-0.39, 0.29) is 24.1 Å². The number of benzene rings is 2. The van der Waals surface area contributed by atoms with Gasteiger partial charge in [0.05, 0.1) is 29.5 Å². The van der Waals surface area contributed by atoms with Crippen molar-refractivity contribution in [2.24, 2.45) is 0 Å². The maximum atomic E-state index is 13.6. The molecule has 0 aliphatic carbocycles. The Morgan fingerprint density at radius 1 is 1.08 bits per heavy atom. The average molecular weight is 493 g/mol. The quantitative estimate of drug-likeness (QED) is 0.473. The van der Waals surface area contributed by atoms with Crippen molar-refractivity contribution in [1.82, 2.24) is 15.3 Å². The van der Waals surface area contributed by atoms with E-state index in [9.17, 15) is 24.5 Å². The molecule has 0 spiro atoms. The van der Waals surface area contributed by atoms with Crippen LogP contribution in [0.3, 0.4) is 0 Å². The van der Waals surface area contributed by atoms with Gasteiger partial charge in [0.25, 0.3) is 5.69 Å². The molecular weight excluding hydrogens is 464 g/mol. The van der Waals surface area contributed by atoms with Crippen LogP contribution in [0.2, 0.25) is 0 Å². The number of carbonyl (C=O) groups is 3. The lowest BCUT2D eigenvalue weighted by Gasteiger charge is -2.32. The summed E-state index contributed by atoms with van der Waals surface area (Å²) in [5, 5.41) is 17.0. The van der Waals surface area contributed by atoms with Crippen LogP contribution in [0, 0.1) is 10.1 Å². The molecule has 1 saturated heterocycles. The minimum Gasteiger partial charge on any atom is -0.444 e. The number of hydrogen-bond acceptors (Lipinski definition) is 7. The van der Waals surface area contributed by atoms with Gasteiger partial charge in [-0.3, -0.25) is 19.7 Å². The highest BCUT2D eigenvalue weighted by molar-refractivity contribution is 6.03. The standard InChI is InChI=1S/C26H28N4O6/c1-16(27-25(33)36-26(2,3)4)24(32)20-15-28-22(31)14-21(17-8-6-5-7-9-17)29(28)23(20)18-10-12-19(13-11-18)30(34)35/h5-13,15-16,21,23H,14H2,1-4H3,(H,27,33)/t16-,21-,23-/m0/s1. The first kappa shape index (κ1) is 25.1. The van der Waals surface area contributed by atoms with E-state index in [1.165, 1.54) is 23.3 Å². The molecule has 2 aromatic carbocycles. The van der Waals surface area contributed by atoms with Crippen molar-refractivity contribution in [2.45, 2.75) is 57.8 Å². The van der Waals surface area contributed by atoms with Crippen LogP contribution < -0.4 is 5.32 Å². The van der Waals surface area contributed by atoms with Crippen LogP contribution in [-0.2, 0) is 14.3 Å². The second-order valence-corrected chi connectivity index (χ2v) is 9.82. The summed E-state index contributed by atoms with van der Waals surface area (Å²) in [5.41, 5.74) is 0.999. The fourth-order valence-corrected chi connectivity index (χ4v) is 4.47. The fraction of sp³-hybridized carbons (Fsp3) is 0.346. The smallest absolute Gasteiger partial charge is 0.408 e. The Morgan fingerprint density at radius 2 is 1.72 bits per heavy atom. The number of hydrazine groups is 1. The Labute approximate surface area is 208 Å². The van der Waals surface area contributed by atoms with E-state index in [4.69, 9.17) is 4.74 Å². The third kappa shape index (κ3) is 4.99. The molecule has 10 heteroatoms. The Balaban J connectivity index is 1.70. The zero-order valence-corrected chi connectivity index (χ0v) is 20.5. The van der Waals surface area contributed by atoms with E-state index in [0.29, 0.717) is 11.1 Å². The van der Waals surface area contributed by atoms with E-state index >= 15 is 0 Å². The molecule has 2 aliphatic heterocycles. The molecule has 0 radical (unpaired) electrons. The molecule has 2 aromatic rings. The van der Waals surface area contributed by atoms with Gasteiger partial charge in [-0.05, 0) is 38.8 Å². The summed E-state index contributed by atoms with van der Waals surface area (Å²) in [6, 6.07) is 13.4. The summed E-state index contributed by atoms with van der Waals surface area (Å²) in [4.78, 5) is 49.5. The van der Waals surface area contributed by atoms with Crippen LogP contribution in [0.1, 0.15) is 57.3 Å². The zero-order valence-electron chi connectivity index (χ0n) is 20.5. The van der Waals surface area contributed by atoms with Crippen LogP contribution in [0.25, 0.3) is 0 Å². The first-order chi connectivity index (χ1) is 17.0. The summed E-state index contributed by atoms with van der Waals surface area (Å²) in [6.07, 6.45) is 0.998. The molecule has 4 rings (SSSR count). The maximum Gasteiger partial charge on any atom is 0.408 e. The maximum absolute atomic E-state index is 13.6.